The van der Waals surface area contributed by atoms with Crippen LogP contribution in [0.4, 0.5) is 0 Å². The van der Waals surface area contributed by atoms with Gasteiger partial charge in [-0.3, -0.25) is 0 Å². The summed E-state index contributed by atoms with van der Waals surface area (Å²) in [6.45, 7) is 7.06. The second kappa shape index (κ2) is 5.07. The van der Waals surface area contributed by atoms with Gasteiger partial charge in [0.05, 0.1) is 12.6 Å². The Morgan fingerprint density at radius 2 is 1.68 bits per heavy atom. The van der Waals surface area contributed by atoms with Crippen molar-refractivity contribution in [3.05, 3.63) is 10.4 Å². The number of hydrogen-bond acceptors (Lipinski definition) is 7. The van der Waals surface area contributed by atoms with Crippen LogP contribution >= 0.6 is 0 Å². The first-order valence-corrected chi connectivity index (χ1v) is 7.15. The molecule has 0 aromatic carbocycles. The zero-order valence-corrected chi connectivity index (χ0v) is 12.9. The molecular weight excluding hydrogens is 294 g/mol. The molecular formula is C13H19N3O6. The van der Waals surface area contributed by atoms with Crippen LogP contribution in [0.15, 0.2) is 5.11 Å². The molecule has 0 aliphatic carbocycles. The highest BCUT2D eigenvalue weighted by atomic mass is 16.8. The van der Waals surface area contributed by atoms with Gasteiger partial charge in [-0.15, -0.1) is 0 Å². The minimum Gasteiger partial charge on any atom is -0.455 e. The Kier molecular flexibility index (Phi) is 3.58. The molecule has 0 unspecified atom stereocenters. The summed E-state index contributed by atoms with van der Waals surface area (Å²) in [6.07, 6.45) is -3.11. The third-order valence-electron chi connectivity index (χ3n) is 3.81. The maximum atomic E-state index is 12.0. The van der Waals surface area contributed by atoms with E-state index in [9.17, 15) is 4.79 Å². The molecule has 9 heteroatoms. The molecule has 0 aromatic rings. The van der Waals surface area contributed by atoms with Gasteiger partial charge in [0, 0.05) is 4.91 Å². The number of carbonyl (C=O) groups is 1. The predicted molar refractivity (Wildman–Crippen MR) is 71.5 cm³/mol. The number of ether oxygens (including phenoxy) is 5. The Morgan fingerprint density at radius 1 is 1.05 bits per heavy atom. The van der Waals surface area contributed by atoms with Crippen molar-refractivity contribution in [1.82, 2.24) is 0 Å². The average Bonchev–Trinajstić information content (AvgIpc) is 2.98. The molecule has 0 saturated carbocycles. The van der Waals surface area contributed by atoms with Gasteiger partial charge in [0.15, 0.2) is 23.8 Å². The summed E-state index contributed by atoms with van der Waals surface area (Å²) < 4.78 is 28.3. The smallest absolute Gasteiger partial charge is 0.338 e. The van der Waals surface area contributed by atoms with Gasteiger partial charge in [0.1, 0.15) is 12.2 Å². The van der Waals surface area contributed by atoms with Crippen molar-refractivity contribution < 1.29 is 28.5 Å². The van der Waals surface area contributed by atoms with E-state index in [1.807, 2.05) is 0 Å². The van der Waals surface area contributed by atoms with E-state index in [4.69, 9.17) is 29.2 Å². The summed E-state index contributed by atoms with van der Waals surface area (Å²) in [7, 11) is 0. The van der Waals surface area contributed by atoms with E-state index >= 15 is 0 Å². The standard InChI is InChI=1S/C13H19N3O6/c1-12(2)19-6(5-15-16-14)7(20-12)8-9-10(11(17)18-8)22-13(3,4)21-9/h6-10H,5H2,1-4H3/t6-,7+,8-,9+,10+/m0/s1. The monoisotopic (exact) mass is 313 g/mol. The van der Waals surface area contributed by atoms with Crippen LogP contribution in [0.3, 0.4) is 0 Å². The molecule has 0 amide bonds. The lowest BCUT2D eigenvalue weighted by Crippen LogP contribution is -2.44. The molecule has 3 fully saturated rings. The number of rotatable bonds is 3. The number of cyclic esters (lactones) is 1. The van der Waals surface area contributed by atoms with E-state index in [0.29, 0.717) is 0 Å². The SMILES string of the molecule is CC1(C)O[C@@H]([C@@H]2OC(=O)[C@@H]3OC(C)(C)O[C@H]23)[C@H](CN=[N+]=[N-])O1. The minimum atomic E-state index is -0.861. The zero-order valence-electron chi connectivity index (χ0n) is 12.9. The lowest BCUT2D eigenvalue weighted by Gasteiger charge is -2.26. The third kappa shape index (κ3) is 2.66. The Bertz CT molecular complexity index is 530. The van der Waals surface area contributed by atoms with Crippen molar-refractivity contribution in [2.24, 2.45) is 5.11 Å². The third-order valence-corrected chi connectivity index (χ3v) is 3.81. The van der Waals surface area contributed by atoms with E-state index in [1.54, 1.807) is 27.7 Å². The Hall–Kier alpha value is -1.38. The van der Waals surface area contributed by atoms with Crippen molar-refractivity contribution >= 4 is 5.97 Å². The van der Waals surface area contributed by atoms with E-state index in [0.717, 1.165) is 0 Å². The molecule has 0 spiro atoms. The van der Waals surface area contributed by atoms with Crippen LogP contribution in [0.1, 0.15) is 27.7 Å². The maximum Gasteiger partial charge on any atom is 0.338 e. The largest absolute Gasteiger partial charge is 0.455 e. The van der Waals surface area contributed by atoms with Gasteiger partial charge >= 0.3 is 5.97 Å². The van der Waals surface area contributed by atoms with Crippen LogP contribution in [-0.4, -0.2) is 54.6 Å². The van der Waals surface area contributed by atoms with E-state index < -0.39 is 48.1 Å². The summed E-state index contributed by atoms with van der Waals surface area (Å²) in [6, 6.07) is 0. The van der Waals surface area contributed by atoms with Crippen molar-refractivity contribution in [3.8, 4) is 0 Å². The molecule has 5 atom stereocenters. The highest BCUT2D eigenvalue weighted by Crippen LogP contribution is 2.41. The van der Waals surface area contributed by atoms with Crippen LogP contribution in [0, 0.1) is 0 Å². The van der Waals surface area contributed by atoms with E-state index in [1.165, 1.54) is 0 Å². The number of nitrogens with zero attached hydrogens (tertiary/aromatic N) is 3. The fraction of sp³-hybridized carbons (Fsp3) is 0.923. The second-order valence-electron chi connectivity index (χ2n) is 6.47. The molecule has 0 aromatic heterocycles. The zero-order chi connectivity index (χ0) is 16.1. The molecule has 0 radical (unpaired) electrons. The molecule has 3 saturated heterocycles. The Labute approximate surface area is 127 Å². The first-order chi connectivity index (χ1) is 10.2. The fourth-order valence-electron chi connectivity index (χ4n) is 3.13. The highest BCUT2D eigenvalue weighted by molar-refractivity contribution is 5.78. The Balaban J connectivity index is 1.82. The van der Waals surface area contributed by atoms with Crippen LogP contribution in [0.5, 0.6) is 0 Å². The number of azide groups is 1. The van der Waals surface area contributed by atoms with Gasteiger partial charge in [-0.1, -0.05) is 5.11 Å². The number of esters is 1. The van der Waals surface area contributed by atoms with Gasteiger partial charge < -0.3 is 23.7 Å². The molecule has 22 heavy (non-hydrogen) atoms. The highest BCUT2D eigenvalue weighted by Gasteiger charge is 2.61. The van der Waals surface area contributed by atoms with E-state index in [-0.39, 0.29) is 6.54 Å². The quantitative estimate of drug-likeness (QED) is 0.335. The van der Waals surface area contributed by atoms with Crippen molar-refractivity contribution in [1.29, 1.82) is 0 Å². The van der Waals surface area contributed by atoms with Crippen molar-refractivity contribution in [3.63, 3.8) is 0 Å². The van der Waals surface area contributed by atoms with Crippen LogP contribution in [0.2, 0.25) is 0 Å². The normalized spacial score (nSPS) is 41.8. The van der Waals surface area contributed by atoms with Gasteiger partial charge in [0.2, 0.25) is 0 Å². The van der Waals surface area contributed by atoms with Gasteiger partial charge in [-0.25, -0.2) is 4.79 Å². The Morgan fingerprint density at radius 3 is 2.36 bits per heavy atom. The number of fused-ring (bicyclic) bond motifs is 1. The average molecular weight is 313 g/mol. The van der Waals surface area contributed by atoms with Gasteiger partial charge in [0.25, 0.3) is 0 Å². The predicted octanol–water partition coefficient (Wildman–Crippen LogP) is 1.26. The van der Waals surface area contributed by atoms with Gasteiger partial charge in [-0.2, -0.15) is 0 Å². The molecule has 3 aliphatic heterocycles. The summed E-state index contributed by atoms with van der Waals surface area (Å²) in [5.74, 6) is -2.20. The summed E-state index contributed by atoms with van der Waals surface area (Å²) in [5.41, 5.74) is 8.50. The first kappa shape index (κ1) is 15.5. The molecule has 3 aliphatic rings. The van der Waals surface area contributed by atoms with Crippen LogP contribution in [-0.2, 0) is 28.5 Å². The summed E-state index contributed by atoms with van der Waals surface area (Å²) >= 11 is 0. The number of carbonyl (C=O) groups excluding carboxylic acids is 1. The van der Waals surface area contributed by atoms with E-state index in [2.05, 4.69) is 10.0 Å². The molecule has 122 valence electrons. The summed E-state index contributed by atoms with van der Waals surface area (Å²) in [5, 5.41) is 3.54. The maximum absolute atomic E-state index is 12.0. The topological polar surface area (TPSA) is 112 Å². The van der Waals surface area contributed by atoms with Crippen molar-refractivity contribution in [2.75, 3.05) is 6.54 Å². The molecule has 0 N–H and O–H groups in total. The molecule has 3 rings (SSSR count). The summed E-state index contributed by atoms with van der Waals surface area (Å²) in [4.78, 5) is 14.7. The first-order valence-electron chi connectivity index (χ1n) is 7.15. The minimum absolute atomic E-state index is 0.0836. The number of hydrogen-bond donors (Lipinski definition) is 0. The fourth-order valence-corrected chi connectivity index (χ4v) is 3.13. The van der Waals surface area contributed by atoms with Gasteiger partial charge in [-0.05, 0) is 33.2 Å². The lowest BCUT2D eigenvalue weighted by molar-refractivity contribution is -0.201. The molecule has 3 heterocycles. The lowest BCUT2D eigenvalue weighted by atomic mass is 10.0. The van der Waals surface area contributed by atoms with Crippen LogP contribution < -0.4 is 0 Å². The molecule has 9 nitrogen and oxygen atoms in total. The van der Waals surface area contributed by atoms with Crippen molar-refractivity contribution in [2.45, 2.75) is 69.8 Å². The second-order valence-corrected chi connectivity index (χ2v) is 6.47. The molecule has 0 bridgehead atoms. The van der Waals surface area contributed by atoms with Crippen LogP contribution in [0.25, 0.3) is 10.4 Å².